The number of benzene rings is 2. The standard InChI is InChI=1S/C23H25FN2O6S2/c1-13-17-9-18-20(10-19(17)26(34(4,29)30)11-16(31-13)12-33(3)28)32-22(21(18)23(27)25-2)14-5-7-15(24)8-6-14/h5-10,13,16H,11-12H2,1-4H3,(H,25,27)/t13-,16-,33+/m0/s1. The van der Waals surface area contributed by atoms with Gasteiger partial charge in [0.25, 0.3) is 5.91 Å². The summed E-state index contributed by atoms with van der Waals surface area (Å²) in [6.45, 7) is 1.78. The van der Waals surface area contributed by atoms with Crippen LogP contribution in [0.25, 0.3) is 22.3 Å². The van der Waals surface area contributed by atoms with Gasteiger partial charge in [-0.25, -0.2) is 12.8 Å². The Morgan fingerprint density at radius 1 is 1.29 bits per heavy atom. The molecule has 3 atom stereocenters. The Labute approximate surface area is 200 Å². The zero-order valence-corrected chi connectivity index (χ0v) is 20.8. The summed E-state index contributed by atoms with van der Waals surface area (Å²) >= 11 is -1.19. The summed E-state index contributed by atoms with van der Waals surface area (Å²) in [5.41, 5.74) is 1.98. The number of sulfonamides is 1. The van der Waals surface area contributed by atoms with Crippen molar-refractivity contribution in [3.05, 3.63) is 53.3 Å². The van der Waals surface area contributed by atoms with Crippen LogP contribution in [-0.2, 0) is 25.9 Å². The number of halogens is 1. The topological polar surface area (TPSA) is 112 Å². The van der Waals surface area contributed by atoms with Crippen molar-refractivity contribution in [2.24, 2.45) is 0 Å². The quantitative estimate of drug-likeness (QED) is 0.530. The molecule has 1 N–H and O–H groups in total. The second-order valence-corrected chi connectivity index (χ2v) is 11.6. The molecule has 11 heteroatoms. The Balaban J connectivity index is 1.96. The van der Waals surface area contributed by atoms with E-state index in [4.69, 9.17) is 9.15 Å². The highest BCUT2D eigenvalue weighted by Gasteiger charge is 2.35. The predicted molar refractivity (Wildman–Crippen MR) is 129 cm³/mol. The van der Waals surface area contributed by atoms with Crippen LogP contribution in [0.5, 0.6) is 0 Å². The highest BCUT2D eigenvalue weighted by molar-refractivity contribution is 7.92. The van der Waals surface area contributed by atoms with E-state index in [1.54, 1.807) is 19.1 Å². The zero-order valence-electron chi connectivity index (χ0n) is 19.1. The fourth-order valence-corrected chi connectivity index (χ4v) is 5.86. The average Bonchev–Trinajstić information content (AvgIpc) is 3.06. The van der Waals surface area contributed by atoms with Gasteiger partial charge in [0, 0.05) is 29.6 Å². The minimum absolute atomic E-state index is 0.00487. The maximum absolute atomic E-state index is 13.5. The number of anilines is 1. The molecule has 34 heavy (non-hydrogen) atoms. The van der Waals surface area contributed by atoms with Crippen molar-refractivity contribution in [3.63, 3.8) is 0 Å². The van der Waals surface area contributed by atoms with Crippen molar-refractivity contribution in [1.82, 2.24) is 5.32 Å². The summed E-state index contributed by atoms with van der Waals surface area (Å²) < 4.78 is 64.1. The van der Waals surface area contributed by atoms with E-state index in [-0.39, 0.29) is 23.6 Å². The fraction of sp³-hybridized carbons (Fsp3) is 0.348. The Morgan fingerprint density at radius 2 is 1.97 bits per heavy atom. The summed E-state index contributed by atoms with van der Waals surface area (Å²) in [5, 5.41) is 3.07. The number of rotatable bonds is 5. The second kappa shape index (κ2) is 9.21. The number of furan rings is 1. The van der Waals surface area contributed by atoms with Gasteiger partial charge < -0.3 is 19.0 Å². The molecule has 2 heterocycles. The SMILES string of the molecule is CNC(=O)c1c(-c2ccc(F)cc2)oc2cc3c(cc12)[C@H](C)O[C@H](C[S@@+](C)[O-])CN3S(C)(=O)=O. The van der Waals surface area contributed by atoms with Gasteiger partial charge in [-0.2, -0.15) is 0 Å². The van der Waals surface area contributed by atoms with Gasteiger partial charge in [0.2, 0.25) is 10.0 Å². The van der Waals surface area contributed by atoms with Crippen LogP contribution < -0.4 is 9.62 Å². The molecule has 1 aliphatic rings. The molecule has 2 aromatic carbocycles. The molecule has 0 aliphatic carbocycles. The number of hydrogen-bond donors (Lipinski definition) is 1. The van der Waals surface area contributed by atoms with E-state index in [1.807, 2.05) is 0 Å². The van der Waals surface area contributed by atoms with E-state index in [1.165, 1.54) is 41.9 Å². The lowest BCUT2D eigenvalue weighted by atomic mass is 10.0. The molecule has 8 nitrogen and oxygen atoms in total. The Bertz CT molecular complexity index is 1340. The maximum Gasteiger partial charge on any atom is 0.255 e. The van der Waals surface area contributed by atoms with E-state index in [2.05, 4.69) is 5.32 Å². The molecule has 0 fully saturated rings. The molecule has 0 spiro atoms. The van der Waals surface area contributed by atoms with Gasteiger partial charge in [0.1, 0.15) is 29.0 Å². The van der Waals surface area contributed by atoms with Crippen LogP contribution >= 0.6 is 0 Å². The van der Waals surface area contributed by atoms with E-state index < -0.39 is 45.1 Å². The zero-order chi connectivity index (χ0) is 24.8. The van der Waals surface area contributed by atoms with Gasteiger partial charge in [-0.1, -0.05) is 11.2 Å². The second-order valence-electron chi connectivity index (χ2n) is 8.23. The first-order valence-corrected chi connectivity index (χ1v) is 14.1. The minimum Gasteiger partial charge on any atom is -0.616 e. The number of fused-ring (bicyclic) bond motifs is 2. The molecule has 182 valence electrons. The molecule has 0 unspecified atom stereocenters. The summed E-state index contributed by atoms with van der Waals surface area (Å²) in [6, 6.07) is 8.83. The molecule has 1 aliphatic heterocycles. The van der Waals surface area contributed by atoms with Crippen LogP contribution in [0.15, 0.2) is 40.8 Å². The van der Waals surface area contributed by atoms with Crippen LogP contribution in [0, 0.1) is 5.82 Å². The number of amides is 1. The molecule has 4 rings (SSSR count). The number of hydrogen-bond acceptors (Lipinski definition) is 6. The molecule has 0 bridgehead atoms. The number of nitrogens with zero attached hydrogens (tertiary/aromatic N) is 1. The van der Waals surface area contributed by atoms with Crippen molar-refractivity contribution in [2.45, 2.75) is 19.1 Å². The number of ether oxygens (including phenoxy) is 1. The highest BCUT2D eigenvalue weighted by atomic mass is 32.2. The Kier molecular flexibility index (Phi) is 6.65. The number of carbonyl (C=O) groups is 1. The van der Waals surface area contributed by atoms with Crippen LogP contribution in [0.1, 0.15) is 28.9 Å². The van der Waals surface area contributed by atoms with Crippen molar-refractivity contribution in [1.29, 1.82) is 0 Å². The van der Waals surface area contributed by atoms with Crippen molar-refractivity contribution >= 4 is 43.8 Å². The smallest absolute Gasteiger partial charge is 0.255 e. The lowest BCUT2D eigenvalue weighted by Gasteiger charge is -2.24. The third-order valence-corrected chi connectivity index (χ3v) is 7.68. The lowest BCUT2D eigenvalue weighted by Crippen LogP contribution is -2.39. The summed E-state index contributed by atoms with van der Waals surface area (Å²) in [7, 11) is -2.22. The fourth-order valence-electron chi connectivity index (χ4n) is 4.20. The molecular formula is C23H25FN2O6S2. The first-order chi connectivity index (χ1) is 16.0. The average molecular weight is 509 g/mol. The largest absolute Gasteiger partial charge is 0.616 e. The lowest BCUT2D eigenvalue weighted by molar-refractivity contribution is 0.0193. The molecule has 0 radical (unpaired) electrons. The van der Waals surface area contributed by atoms with E-state index in [0.29, 0.717) is 27.8 Å². The molecule has 1 aromatic heterocycles. The molecule has 1 amide bonds. The maximum atomic E-state index is 13.5. The van der Waals surface area contributed by atoms with Crippen LogP contribution in [0.2, 0.25) is 0 Å². The normalized spacial score (nSPS) is 19.5. The minimum atomic E-state index is -3.71. The number of nitrogens with one attached hydrogen (secondary N) is 1. The molecule has 0 saturated heterocycles. The van der Waals surface area contributed by atoms with Crippen LogP contribution in [-0.4, -0.2) is 56.8 Å². The summed E-state index contributed by atoms with van der Waals surface area (Å²) in [5.74, 6) is -0.406. The Morgan fingerprint density at radius 3 is 2.56 bits per heavy atom. The predicted octanol–water partition coefficient (Wildman–Crippen LogP) is 3.20. The summed E-state index contributed by atoms with van der Waals surface area (Å²) in [4.78, 5) is 12.8. The number of carbonyl (C=O) groups excluding carboxylic acids is 1. The van der Waals surface area contributed by atoms with Crippen molar-refractivity contribution < 1.29 is 31.3 Å². The monoisotopic (exact) mass is 508 g/mol. The molecular weight excluding hydrogens is 483 g/mol. The first-order valence-electron chi connectivity index (χ1n) is 10.5. The van der Waals surface area contributed by atoms with Gasteiger partial charge >= 0.3 is 0 Å². The Hall–Kier alpha value is -2.60. The highest BCUT2D eigenvalue weighted by Crippen LogP contribution is 2.42. The van der Waals surface area contributed by atoms with E-state index in [0.717, 1.165) is 6.26 Å². The van der Waals surface area contributed by atoms with Gasteiger partial charge in [-0.05, 0) is 37.3 Å². The first kappa shape index (κ1) is 24.5. The third-order valence-electron chi connectivity index (χ3n) is 5.69. The van der Waals surface area contributed by atoms with Gasteiger partial charge in [-0.15, -0.1) is 0 Å². The van der Waals surface area contributed by atoms with Gasteiger partial charge in [-0.3, -0.25) is 9.10 Å². The molecule has 0 saturated carbocycles. The van der Waals surface area contributed by atoms with Crippen molar-refractivity contribution in [3.8, 4) is 11.3 Å². The van der Waals surface area contributed by atoms with Crippen LogP contribution in [0.4, 0.5) is 10.1 Å². The van der Waals surface area contributed by atoms with E-state index in [9.17, 15) is 22.2 Å². The van der Waals surface area contributed by atoms with Gasteiger partial charge in [0.05, 0.1) is 36.4 Å². The van der Waals surface area contributed by atoms with Gasteiger partial charge in [0.15, 0.2) is 0 Å². The third kappa shape index (κ3) is 4.65. The van der Waals surface area contributed by atoms with E-state index >= 15 is 0 Å². The summed E-state index contributed by atoms with van der Waals surface area (Å²) in [6.07, 6.45) is 1.51. The van der Waals surface area contributed by atoms with Crippen molar-refractivity contribution in [2.75, 3.05) is 36.2 Å². The molecule has 3 aromatic rings. The van der Waals surface area contributed by atoms with Crippen LogP contribution in [0.3, 0.4) is 0 Å².